The molecule has 2 aromatic heterocycles. The van der Waals surface area contributed by atoms with E-state index in [9.17, 15) is 9.59 Å². The number of aromatic nitrogens is 2. The van der Waals surface area contributed by atoms with Crippen LogP contribution >= 0.6 is 22.7 Å². The number of aryl methyl sites for hydroxylation is 1. The fourth-order valence-electron chi connectivity index (χ4n) is 1.89. The van der Waals surface area contributed by atoms with Crippen LogP contribution in [0.5, 0.6) is 0 Å². The average molecular weight is 352 g/mol. The summed E-state index contributed by atoms with van der Waals surface area (Å²) in [6.07, 6.45) is 4.27. The molecule has 0 aliphatic carbocycles. The number of anilines is 1. The molecule has 2 heterocycles. The van der Waals surface area contributed by atoms with E-state index in [0.717, 1.165) is 30.7 Å². The minimum Gasteiger partial charge on any atom is -0.340 e. The van der Waals surface area contributed by atoms with Crippen LogP contribution < -0.4 is 10.6 Å². The van der Waals surface area contributed by atoms with Crippen molar-refractivity contribution in [2.24, 2.45) is 0 Å². The molecular weight excluding hydrogens is 332 g/mol. The van der Waals surface area contributed by atoms with Gasteiger partial charge in [-0.15, -0.1) is 21.5 Å². The van der Waals surface area contributed by atoms with Crippen LogP contribution in [0.15, 0.2) is 17.5 Å². The summed E-state index contributed by atoms with van der Waals surface area (Å²) in [5.74, 6) is -0.550. The van der Waals surface area contributed by atoms with E-state index in [-0.39, 0.29) is 11.8 Å². The Bertz CT molecular complexity index is 640. The molecule has 2 aromatic rings. The largest absolute Gasteiger partial charge is 0.340 e. The monoisotopic (exact) mass is 352 g/mol. The van der Waals surface area contributed by atoms with E-state index in [0.29, 0.717) is 10.0 Å². The van der Waals surface area contributed by atoms with E-state index in [1.165, 1.54) is 22.7 Å². The van der Waals surface area contributed by atoms with Crippen LogP contribution in [0, 0.1) is 0 Å². The summed E-state index contributed by atoms with van der Waals surface area (Å²) in [7, 11) is 0. The lowest BCUT2D eigenvalue weighted by Gasteiger charge is -2.11. The van der Waals surface area contributed by atoms with Gasteiger partial charge in [-0.25, -0.2) is 0 Å². The molecular formula is C15H20N4O2S2. The molecule has 0 fully saturated rings. The highest BCUT2D eigenvalue weighted by Crippen LogP contribution is 2.17. The number of rotatable bonds is 8. The molecule has 2 N–H and O–H groups in total. The number of carbonyl (C=O) groups is 2. The third-order valence-electron chi connectivity index (χ3n) is 3.18. The topological polar surface area (TPSA) is 84.0 Å². The Hall–Kier alpha value is -1.80. The first kappa shape index (κ1) is 17.6. The number of amides is 2. The highest BCUT2D eigenvalue weighted by atomic mass is 32.1. The predicted molar refractivity (Wildman–Crippen MR) is 93.0 cm³/mol. The average Bonchev–Trinajstić information content (AvgIpc) is 3.19. The van der Waals surface area contributed by atoms with Crippen molar-refractivity contribution in [3.05, 3.63) is 27.4 Å². The van der Waals surface area contributed by atoms with Crippen LogP contribution in [0.1, 0.15) is 47.8 Å². The quantitative estimate of drug-likeness (QED) is 0.715. The Kier molecular flexibility index (Phi) is 6.66. The van der Waals surface area contributed by atoms with E-state index in [1.54, 1.807) is 19.1 Å². The van der Waals surface area contributed by atoms with Gasteiger partial charge in [-0.1, -0.05) is 37.2 Å². The van der Waals surface area contributed by atoms with Crippen molar-refractivity contribution in [3.63, 3.8) is 0 Å². The van der Waals surface area contributed by atoms with Crippen LogP contribution in [0.2, 0.25) is 0 Å². The van der Waals surface area contributed by atoms with Crippen LogP contribution in [0.3, 0.4) is 0 Å². The molecule has 124 valence electrons. The van der Waals surface area contributed by atoms with E-state index in [1.807, 2.05) is 5.38 Å². The molecule has 1 unspecified atom stereocenters. The van der Waals surface area contributed by atoms with Crippen LogP contribution in [0.25, 0.3) is 0 Å². The van der Waals surface area contributed by atoms with Crippen molar-refractivity contribution < 1.29 is 9.59 Å². The summed E-state index contributed by atoms with van der Waals surface area (Å²) in [5.41, 5.74) is 0. The summed E-state index contributed by atoms with van der Waals surface area (Å²) in [4.78, 5) is 24.6. The maximum atomic E-state index is 12.1. The number of nitrogens with one attached hydrogen (secondary N) is 2. The second kappa shape index (κ2) is 8.73. The molecule has 6 nitrogen and oxygen atoms in total. The van der Waals surface area contributed by atoms with E-state index >= 15 is 0 Å². The van der Waals surface area contributed by atoms with Crippen molar-refractivity contribution in [1.82, 2.24) is 15.5 Å². The summed E-state index contributed by atoms with van der Waals surface area (Å²) < 4.78 is 0. The molecule has 0 aliphatic heterocycles. The minimum absolute atomic E-state index is 0.250. The Labute approximate surface area is 143 Å². The second-order valence-electron chi connectivity index (χ2n) is 5.12. The second-order valence-corrected chi connectivity index (χ2v) is 7.13. The number of unbranched alkanes of at least 4 members (excludes halogenated alkanes) is 2. The fraction of sp³-hybridized carbons (Fsp3) is 0.467. The first-order valence-electron chi connectivity index (χ1n) is 7.57. The summed E-state index contributed by atoms with van der Waals surface area (Å²) in [6.45, 7) is 3.79. The van der Waals surface area contributed by atoms with Gasteiger partial charge >= 0.3 is 0 Å². The molecule has 0 bridgehead atoms. The molecule has 1 atom stereocenters. The molecule has 0 spiro atoms. The number of hydrogen-bond acceptors (Lipinski definition) is 6. The van der Waals surface area contributed by atoms with Gasteiger partial charge in [-0.2, -0.15) is 0 Å². The summed E-state index contributed by atoms with van der Waals surface area (Å²) in [6, 6.07) is 2.88. The molecule has 0 aliphatic rings. The van der Waals surface area contributed by atoms with Gasteiger partial charge in [0.25, 0.3) is 5.91 Å². The first-order valence-corrected chi connectivity index (χ1v) is 9.27. The zero-order valence-electron chi connectivity index (χ0n) is 13.2. The Morgan fingerprint density at radius 1 is 1.30 bits per heavy atom. The smallest absolute Gasteiger partial charge is 0.261 e. The van der Waals surface area contributed by atoms with Crippen molar-refractivity contribution in [2.75, 3.05) is 5.32 Å². The van der Waals surface area contributed by atoms with Gasteiger partial charge in [-0.05, 0) is 24.8 Å². The maximum Gasteiger partial charge on any atom is 0.261 e. The molecule has 0 saturated heterocycles. The Balaban J connectivity index is 1.82. The maximum absolute atomic E-state index is 12.1. The lowest BCUT2D eigenvalue weighted by molar-refractivity contribution is -0.117. The van der Waals surface area contributed by atoms with E-state index in [2.05, 4.69) is 27.8 Å². The van der Waals surface area contributed by atoms with Gasteiger partial charge in [0.15, 0.2) is 0 Å². The van der Waals surface area contributed by atoms with Crippen molar-refractivity contribution in [2.45, 2.75) is 45.6 Å². The molecule has 23 heavy (non-hydrogen) atoms. The highest BCUT2D eigenvalue weighted by molar-refractivity contribution is 7.15. The number of thiophene rings is 1. The molecule has 0 radical (unpaired) electrons. The van der Waals surface area contributed by atoms with Crippen LogP contribution in [-0.4, -0.2) is 28.1 Å². The highest BCUT2D eigenvalue weighted by Gasteiger charge is 2.18. The third-order valence-corrected chi connectivity index (χ3v) is 4.94. The molecule has 2 amide bonds. The van der Waals surface area contributed by atoms with Gasteiger partial charge in [0.2, 0.25) is 11.0 Å². The van der Waals surface area contributed by atoms with E-state index in [4.69, 9.17) is 0 Å². The number of carbonyl (C=O) groups excluding carboxylic acids is 2. The lowest BCUT2D eigenvalue weighted by Crippen LogP contribution is -2.41. The van der Waals surface area contributed by atoms with Crippen molar-refractivity contribution in [1.29, 1.82) is 0 Å². The molecule has 0 saturated carbocycles. The van der Waals surface area contributed by atoms with Gasteiger partial charge in [0.1, 0.15) is 11.0 Å². The molecule has 2 rings (SSSR count). The fourth-order valence-corrected chi connectivity index (χ4v) is 3.30. The molecule has 8 heteroatoms. The van der Waals surface area contributed by atoms with Gasteiger partial charge in [0.05, 0.1) is 4.88 Å². The zero-order valence-corrected chi connectivity index (χ0v) is 14.8. The number of hydrogen-bond donors (Lipinski definition) is 2. The standard InChI is InChI=1S/C15H20N4O2S2/c1-3-4-5-8-12-18-19-15(23-12)17-13(20)10(2)16-14(21)11-7-6-9-22-11/h6-7,9-10H,3-5,8H2,1-2H3,(H,16,21)(H,17,19,20). The zero-order chi connectivity index (χ0) is 16.7. The Morgan fingerprint density at radius 2 is 2.13 bits per heavy atom. The van der Waals surface area contributed by atoms with Gasteiger partial charge < -0.3 is 5.32 Å². The minimum atomic E-state index is -0.642. The van der Waals surface area contributed by atoms with Crippen molar-refractivity contribution in [3.8, 4) is 0 Å². The SMILES string of the molecule is CCCCCc1nnc(NC(=O)C(C)NC(=O)c2cccs2)s1. The number of nitrogens with zero attached hydrogens (tertiary/aromatic N) is 2. The van der Waals surface area contributed by atoms with Crippen LogP contribution in [0.4, 0.5) is 5.13 Å². The third kappa shape index (κ3) is 5.40. The summed E-state index contributed by atoms with van der Waals surface area (Å²) in [5, 5.41) is 16.6. The van der Waals surface area contributed by atoms with Gasteiger partial charge in [-0.3, -0.25) is 14.9 Å². The van der Waals surface area contributed by atoms with Gasteiger partial charge in [0, 0.05) is 6.42 Å². The Morgan fingerprint density at radius 3 is 2.83 bits per heavy atom. The van der Waals surface area contributed by atoms with E-state index < -0.39 is 6.04 Å². The normalized spacial score (nSPS) is 11.9. The summed E-state index contributed by atoms with van der Waals surface area (Å²) >= 11 is 2.72. The first-order chi connectivity index (χ1) is 11.1. The lowest BCUT2D eigenvalue weighted by atomic mass is 10.2. The molecule has 0 aromatic carbocycles. The van der Waals surface area contributed by atoms with Crippen molar-refractivity contribution >= 4 is 39.6 Å². The van der Waals surface area contributed by atoms with Crippen LogP contribution in [-0.2, 0) is 11.2 Å². The predicted octanol–water partition coefficient (Wildman–Crippen LogP) is 3.09.